The number of halogens is 6. The zero-order valence-corrected chi connectivity index (χ0v) is 14.0. The molecule has 1 atom stereocenters. The van der Waals surface area contributed by atoms with E-state index in [9.17, 15) is 39.6 Å². The third kappa shape index (κ3) is 2.71. The summed E-state index contributed by atoms with van der Waals surface area (Å²) < 4.78 is 114. The minimum Gasteiger partial charge on any atom is -0.458 e. The minimum absolute atomic E-state index is 0.320. The average Bonchev–Trinajstić information content (AvgIpc) is 2.46. The summed E-state index contributed by atoms with van der Waals surface area (Å²) in [7, 11) is -6.79. The number of hydrogen-bond acceptors (Lipinski definition) is 4. The van der Waals surface area contributed by atoms with E-state index in [-0.39, 0.29) is 11.8 Å². The summed E-state index contributed by atoms with van der Waals surface area (Å²) in [5.74, 6) is -9.67. The summed E-state index contributed by atoms with van der Waals surface area (Å²) in [6.07, 6.45) is -4.73. The number of esters is 1. The Kier molecular flexibility index (Phi) is 4.34. The van der Waals surface area contributed by atoms with E-state index in [4.69, 9.17) is 4.55 Å². The first-order valence-electron chi connectivity index (χ1n) is 8.00. The monoisotopic (exact) mass is 410 g/mol. The normalized spacial score (nSPS) is 36.7. The molecule has 4 aliphatic rings. The van der Waals surface area contributed by atoms with Crippen molar-refractivity contribution >= 4 is 16.1 Å². The molecule has 1 unspecified atom stereocenters. The van der Waals surface area contributed by atoms with E-state index in [2.05, 4.69) is 4.74 Å². The maximum atomic E-state index is 14.4. The number of carbonyl (C=O) groups excluding carboxylic acids is 1. The van der Waals surface area contributed by atoms with Crippen LogP contribution in [0.1, 0.15) is 32.1 Å². The first-order valence-corrected chi connectivity index (χ1v) is 9.44. The SMILES string of the molecule is O=C(OC1C2CC3CC(C2)CC1C3)C(F)(C(F)(F)C(F)(F)F)S(=O)(=O)O. The van der Waals surface area contributed by atoms with Crippen molar-refractivity contribution in [3.05, 3.63) is 0 Å². The molecule has 4 fully saturated rings. The van der Waals surface area contributed by atoms with E-state index in [1.165, 1.54) is 0 Å². The van der Waals surface area contributed by atoms with Gasteiger partial charge in [0, 0.05) is 0 Å². The molecule has 4 aliphatic carbocycles. The maximum Gasteiger partial charge on any atom is 0.458 e. The second kappa shape index (κ2) is 5.73. The lowest BCUT2D eigenvalue weighted by Crippen LogP contribution is -2.64. The summed E-state index contributed by atoms with van der Waals surface area (Å²) in [5, 5.41) is -5.97. The van der Waals surface area contributed by atoms with Crippen LogP contribution in [0.25, 0.3) is 0 Å². The molecule has 26 heavy (non-hydrogen) atoms. The third-order valence-electron chi connectivity index (χ3n) is 5.76. The summed E-state index contributed by atoms with van der Waals surface area (Å²) in [4.78, 5) is 11.9. The lowest BCUT2D eigenvalue weighted by atomic mass is 9.55. The zero-order chi connectivity index (χ0) is 19.7. The molecule has 1 N–H and O–H groups in total. The Morgan fingerprint density at radius 2 is 1.31 bits per heavy atom. The van der Waals surface area contributed by atoms with Crippen LogP contribution in [-0.4, -0.2) is 42.1 Å². The minimum atomic E-state index is -6.79. The van der Waals surface area contributed by atoms with Crippen molar-refractivity contribution < 1.29 is 48.8 Å². The van der Waals surface area contributed by atoms with E-state index in [1.807, 2.05) is 0 Å². The van der Waals surface area contributed by atoms with E-state index in [1.54, 1.807) is 0 Å². The Labute approximate surface area is 144 Å². The van der Waals surface area contributed by atoms with Crippen LogP contribution in [0.5, 0.6) is 0 Å². The van der Waals surface area contributed by atoms with Crippen LogP contribution in [0.3, 0.4) is 0 Å². The molecule has 0 heterocycles. The Bertz CT molecular complexity index is 677. The van der Waals surface area contributed by atoms with Gasteiger partial charge in [0.05, 0.1) is 0 Å². The fraction of sp³-hybridized carbons (Fsp3) is 0.929. The number of hydrogen-bond donors (Lipinski definition) is 1. The fourth-order valence-electron chi connectivity index (χ4n) is 4.84. The second-order valence-corrected chi connectivity index (χ2v) is 8.96. The summed E-state index contributed by atoms with van der Waals surface area (Å²) in [6, 6.07) is 0. The molecule has 0 aromatic heterocycles. The number of carbonyl (C=O) groups is 1. The Morgan fingerprint density at radius 3 is 1.65 bits per heavy atom. The molecule has 0 radical (unpaired) electrons. The fourth-order valence-corrected chi connectivity index (χ4v) is 5.54. The van der Waals surface area contributed by atoms with Crippen LogP contribution in [0.15, 0.2) is 0 Å². The van der Waals surface area contributed by atoms with Crippen LogP contribution < -0.4 is 0 Å². The summed E-state index contributed by atoms with van der Waals surface area (Å²) in [6.45, 7) is 0. The average molecular weight is 410 g/mol. The van der Waals surface area contributed by atoms with Crippen molar-refractivity contribution in [3.8, 4) is 0 Å². The van der Waals surface area contributed by atoms with E-state index in [0.29, 0.717) is 37.5 Å². The van der Waals surface area contributed by atoms with Gasteiger partial charge in [0.2, 0.25) is 0 Å². The van der Waals surface area contributed by atoms with Crippen LogP contribution in [0.2, 0.25) is 0 Å². The van der Waals surface area contributed by atoms with Gasteiger partial charge in [-0.1, -0.05) is 0 Å². The molecule has 4 saturated carbocycles. The highest BCUT2D eigenvalue weighted by atomic mass is 32.2. The molecular formula is C14H16F6O5S. The Balaban J connectivity index is 1.90. The summed E-state index contributed by atoms with van der Waals surface area (Å²) in [5.41, 5.74) is 0. The van der Waals surface area contributed by atoms with Gasteiger partial charge in [-0.15, -0.1) is 0 Å². The highest BCUT2D eigenvalue weighted by Gasteiger charge is 2.82. The zero-order valence-electron chi connectivity index (χ0n) is 13.2. The van der Waals surface area contributed by atoms with Gasteiger partial charge in [0.25, 0.3) is 0 Å². The molecule has 0 saturated heterocycles. The van der Waals surface area contributed by atoms with Crippen molar-refractivity contribution in [1.82, 2.24) is 0 Å². The molecule has 0 aromatic rings. The largest absolute Gasteiger partial charge is 0.458 e. The molecule has 4 bridgehead atoms. The van der Waals surface area contributed by atoms with E-state index < -0.39 is 39.3 Å². The molecule has 0 amide bonds. The molecule has 150 valence electrons. The van der Waals surface area contributed by atoms with E-state index >= 15 is 0 Å². The first-order chi connectivity index (χ1) is 11.7. The number of alkyl halides is 6. The van der Waals surface area contributed by atoms with Crippen molar-refractivity contribution in [2.75, 3.05) is 0 Å². The molecule has 5 nitrogen and oxygen atoms in total. The van der Waals surface area contributed by atoms with Gasteiger partial charge in [0.1, 0.15) is 6.10 Å². The van der Waals surface area contributed by atoms with Gasteiger partial charge in [-0.05, 0) is 55.8 Å². The topological polar surface area (TPSA) is 80.7 Å². The lowest BCUT2D eigenvalue weighted by molar-refractivity contribution is -0.311. The standard InChI is InChI=1S/C14H16F6O5S/c15-12(26(22,23)24,13(16,17)14(18,19)20)11(21)25-10-8-2-6-1-7(4-8)5-9(10)3-6/h6-10H,1-5H2,(H,22,23,24). The predicted octanol–water partition coefficient (Wildman–Crippen LogP) is 3.11. The second-order valence-electron chi connectivity index (χ2n) is 7.44. The van der Waals surface area contributed by atoms with Crippen LogP contribution in [0.4, 0.5) is 26.3 Å². The van der Waals surface area contributed by atoms with Crippen molar-refractivity contribution in [3.63, 3.8) is 0 Å². The van der Waals surface area contributed by atoms with Gasteiger partial charge < -0.3 is 4.74 Å². The Hall–Kier alpha value is -1.04. The molecule has 12 heteroatoms. The maximum absolute atomic E-state index is 14.4. The number of rotatable bonds is 4. The highest BCUT2D eigenvalue weighted by Crippen LogP contribution is 2.55. The van der Waals surface area contributed by atoms with Crippen molar-refractivity contribution in [2.45, 2.75) is 55.3 Å². The molecule has 4 rings (SSSR count). The smallest absolute Gasteiger partial charge is 0.458 e. The van der Waals surface area contributed by atoms with Gasteiger partial charge in [0.15, 0.2) is 0 Å². The summed E-state index contributed by atoms with van der Waals surface area (Å²) >= 11 is 0. The lowest BCUT2D eigenvalue weighted by Gasteiger charge is -2.53. The van der Waals surface area contributed by atoms with Gasteiger partial charge in [-0.2, -0.15) is 30.4 Å². The van der Waals surface area contributed by atoms with Crippen LogP contribution in [-0.2, 0) is 19.6 Å². The molecule has 0 spiro atoms. The van der Waals surface area contributed by atoms with Gasteiger partial charge >= 0.3 is 33.2 Å². The highest BCUT2D eigenvalue weighted by molar-refractivity contribution is 7.88. The third-order valence-corrected chi connectivity index (χ3v) is 6.90. The van der Waals surface area contributed by atoms with Gasteiger partial charge in [-0.25, -0.2) is 9.18 Å². The van der Waals surface area contributed by atoms with Crippen LogP contribution >= 0.6 is 0 Å². The molecule has 0 aromatic carbocycles. The quantitative estimate of drug-likeness (QED) is 0.438. The predicted molar refractivity (Wildman–Crippen MR) is 73.3 cm³/mol. The van der Waals surface area contributed by atoms with Gasteiger partial charge in [-0.3, -0.25) is 4.55 Å². The number of ether oxygens (including phenoxy) is 1. The van der Waals surface area contributed by atoms with Crippen molar-refractivity contribution in [2.24, 2.45) is 23.7 Å². The first kappa shape index (κ1) is 19.7. The van der Waals surface area contributed by atoms with Crippen molar-refractivity contribution in [1.29, 1.82) is 0 Å². The van der Waals surface area contributed by atoms with Crippen LogP contribution in [0, 0.1) is 23.7 Å². The van der Waals surface area contributed by atoms with E-state index in [0.717, 1.165) is 6.42 Å². The Morgan fingerprint density at radius 1 is 0.885 bits per heavy atom. The molecular weight excluding hydrogens is 394 g/mol. The molecule has 0 aliphatic heterocycles.